The van der Waals surface area contributed by atoms with Crippen molar-refractivity contribution in [2.24, 2.45) is 0 Å². The number of rotatable bonds is 5. The summed E-state index contributed by atoms with van der Waals surface area (Å²) in [5.41, 5.74) is 1.96. The summed E-state index contributed by atoms with van der Waals surface area (Å²) in [4.78, 5) is 17.9. The Morgan fingerprint density at radius 2 is 1.87 bits per heavy atom. The van der Waals surface area contributed by atoms with Gasteiger partial charge in [-0.25, -0.2) is 9.97 Å². The van der Waals surface area contributed by atoms with Crippen LogP contribution in [0.25, 0.3) is 0 Å². The molecule has 8 nitrogen and oxygen atoms in total. The van der Waals surface area contributed by atoms with E-state index in [1.54, 1.807) is 0 Å². The molecule has 0 unspecified atom stereocenters. The van der Waals surface area contributed by atoms with Gasteiger partial charge in [0.2, 0.25) is 5.13 Å². The third-order valence-electron chi connectivity index (χ3n) is 2.71. The molecule has 0 atom stereocenters. The van der Waals surface area contributed by atoms with Crippen molar-refractivity contribution in [1.82, 2.24) is 20.2 Å². The quantitative estimate of drug-likeness (QED) is 0.425. The summed E-state index contributed by atoms with van der Waals surface area (Å²) in [7, 11) is 0. The topological polar surface area (TPSA) is 107 Å². The van der Waals surface area contributed by atoms with Crippen molar-refractivity contribution in [3.05, 3.63) is 52.3 Å². The number of benzene rings is 1. The molecule has 116 valence electrons. The molecule has 0 saturated carbocycles. The highest BCUT2D eigenvalue weighted by atomic mass is 32.2. The fourth-order valence-corrected chi connectivity index (χ4v) is 3.17. The van der Waals surface area contributed by atoms with Crippen LogP contribution in [-0.2, 0) is 0 Å². The number of anilines is 2. The molecule has 0 bridgehead atoms. The lowest BCUT2D eigenvalue weighted by molar-refractivity contribution is -0.385. The van der Waals surface area contributed by atoms with Gasteiger partial charge < -0.3 is 5.32 Å². The second kappa shape index (κ2) is 6.67. The minimum absolute atomic E-state index is 0.145. The van der Waals surface area contributed by atoms with Crippen LogP contribution >= 0.6 is 23.1 Å². The Morgan fingerprint density at radius 3 is 2.52 bits per heavy atom. The van der Waals surface area contributed by atoms with E-state index in [1.165, 1.54) is 41.1 Å². The molecule has 1 aromatic carbocycles. The molecule has 2 aromatic heterocycles. The minimum atomic E-state index is -0.539. The third-order valence-corrected chi connectivity index (χ3v) is 4.50. The number of nitrogens with zero attached hydrogens (tertiary/aromatic N) is 5. The smallest absolute Gasteiger partial charge is 0.305 e. The summed E-state index contributed by atoms with van der Waals surface area (Å²) in [5.74, 6) is 0. The molecular formula is C13H10N6O2S2. The molecule has 1 N–H and O–H groups in total. The van der Waals surface area contributed by atoms with Crippen LogP contribution in [0.5, 0.6) is 0 Å². The maximum Gasteiger partial charge on any atom is 0.305 e. The Balaban J connectivity index is 1.67. The summed E-state index contributed by atoms with van der Waals surface area (Å²) in [6.45, 7) is 2.02. The van der Waals surface area contributed by atoms with Crippen LogP contribution in [0.4, 0.5) is 16.5 Å². The van der Waals surface area contributed by atoms with E-state index in [1.807, 2.05) is 31.2 Å². The first-order chi connectivity index (χ1) is 11.1. The van der Waals surface area contributed by atoms with E-state index in [2.05, 4.69) is 25.5 Å². The fraction of sp³-hybridized carbons (Fsp3) is 0.0769. The van der Waals surface area contributed by atoms with Crippen molar-refractivity contribution in [3.63, 3.8) is 0 Å². The zero-order valence-corrected chi connectivity index (χ0v) is 13.5. The third kappa shape index (κ3) is 3.99. The maximum atomic E-state index is 10.6. The number of nitro groups is 1. The highest BCUT2D eigenvalue weighted by Crippen LogP contribution is 2.31. The Bertz CT molecular complexity index is 819. The first kappa shape index (κ1) is 15.3. The highest BCUT2D eigenvalue weighted by Gasteiger charge is 2.11. The van der Waals surface area contributed by atoms with Crippen LogP contribution < -0.4 is 5.32 Å². The molecule has 2 heterocycles. The summed E-state index contributed by atoms with van der Waals surface area (Å²) in [6, 6.07) is 7.93. The lowest BCUT2D eigenvalue weighted by Crippen LogP contribution is -1.92. The van der Waals surface area contributed by atoms with E-state index in [0.29, 0.717) is 14.6 Å². The Labute approximate surface area is 139 Å². The van der Waals surface area contributed by atoms with Crippen molar-refractivity contribution in [3.8, 4) is 0 Å². The Hall–Kier alpha value is -2.59. The molecule has 3 rings (SSSR count). The number of hydrogen-bond donors (Lipinski definition) is 1. The van der Waals surface area contributed by atoms with Gasteiger partial charge in [0.05, 0.1) is 4.92 Å². The van der Waals surface area contributed by atoms with Gasteiger partial charge in [0.1, 0.15) is 12.4 Å². The minimum Gasteiger partial charge on any atom is -0.330 e. The second-order valence-corrected chi connectivity index (χ2v) is 6.64. The molecule has 0 radical (unpaired) electrons. The lowest BCUT2D eigenvalue weighted by Gasteiger charge is -2.01. The average Bonchev–Trinajstić information content (AvgIpc) is 2.97. The van der Waals surface area contributed by atoms with E-state index in [-0.39, 0.29) is 5.69 Å². The van der Waals surface area contributed by atoms with Crippen LogP contribution in [0.15, 0.2) is 46.2 Å². The van der Waals surface area contributed by atoms with E-state index in [4.69, 9.17) is 0 Å². The van der Waals surface area contributed by atoms with Gasteiger partial charge in [0, 0.05) is 5.69 Å². The summed E-state index contributed by atoms with van der Waals surface area (Å²) in [6.07, 6.45) is 2.34. The standard InChI is InChI=1S/C13H10N6O2S2/c1-8-2-4-9(5-3-8)16-12-17-18-13(23-12)22-11-14-6-10(7-15-11)19(20)21/h2-7H,1H3,(H,16,17). The van der Waals surface area contributed by atoms with Gasteiger partial charge in [-0.2, -0.15) is 0 Å². The molecule has 0 fully saturated rings. The van der Waals surface area contributed by atoms with Crippen molar-refractivity contribution in [1.29, 1.82) is 0 Å². The van der Waals surface area contributed by atoms with Crippen LogP contribution in [0.3, 0.4) is 0 Å². The molecule has 23 heavy (non-hydrogen) atoms. The van der Waals surface area contributed by atoms with Crippen molar-refractivity contribution < 1.29 is 4.92 Å². The number of hydrogen-bond acceptors (Lipinski definition) is 9. The van der Waals surface area contributed by atoms with Crippen LogP contribution in [0.2, 0.25) is 0 Å². The monoisotopic (exact) mass is 346 g/mol. The van der Waals surface area contributed by atoms with Gasteiger partial charge >= 0.3 is 5.69 Å². The lowest BCUT2D eigenvalue weighted by atomic mass is 10.2. The molecular weight excluding hydrogens is 336 g/mol. The molecule has 0 saturated heterocycles. The van der Waals surface area contributed by atoms with E-state index in [9.17, 15) is 10.1 Å². The van der Waals surface area contributed by atoms with Crippen LogP contribution in [0, 0.1) is 17.0 Å². The molecule has 10 heteroatoms. The first-order valence-electron chi connectivity index (χ1n) is 6.41. The van der Waals surface area contributed by atoms with Gasteiger partial charge in [0.25, 0.3) is 0 Å². The largest absolute Gasteiger partial charge is 0.330 e. The molecule has 3 aromatic rings. The van der Waals surface area contributed by atoms with E-state index < -0.39 is 4.92 Å². The van der Waals surface area contributed by atoms with Crippen molar-refractivity contribution in [2.45, 2.75) is 16.4 Å². The second-order valence-electron chi connectivity index (χ2n) is 4.45. The normalized spacial score (nSPS) is 10.5. The average molecular weight is 346 g/mol. The summed E-state index contributed by atoms with van der Waals surface area (Å²) >= 11 is 2.55. The zero-order chi connectivity index (χ0) is 16.2. The van der Waals surface area contributed by atoms with E-state index >= 15 is 0 Å². The summed E-state index contributed by atoms with van der Waals surface area (Å²) < 4.78 is 0.647. The van der Waals surface area contributed by atoms with Crippen molar-refractivity contribution in [2.75, 3.05) is 5.32 Å². The Kier molecular flexibility index (Phi) is 4.44. The van der Waals surface area contributed by atoms with Crippen LogP contribution in [0.1, 0.15) is 5.56 Å². The van der Waals surface area contributed by atoms with Crippen molar-refractivity contribution >= 4 is 39.6 Å². The molecule has 0 amide bonds. The maximum absolute atomic E-state index is 10.6. The van der Waals surface area contributed by atoms with Gasteiger partial charge in [-0.3, -0.25) is 10.1 Å². The van der Waals surface area contributed by atoms with Gasteiger partial charge in [-0.1, -0.05) is 29.0 Å². The SMILES string of the molecule is Cc1ccc(Nc2nnc(Sc3ncc([N+](=O)[O-])cn3)s2)cc1. The van der Waals surface area contributed by atoms with Gasteiger partial charge in [0.15, 0.2) is 9.50 Å². The first-order valence-corrected chi connectivity index (χ1v) is 8.05. The molecule has 0 aliphatic carbocycles. The summed E-state index contributed by atoms with van der Waals surface area (Å²) in [5, 5.41) is 22.8. The predicted octanol–water partition coefficient (Wildman–Crippen LogP) is 3.44. The number of aryl methyl sites for hydroxylation is 1. The number of aromatic nitrogens is 4. The van der Waals surface area contributed by atoms with Crippen LogP contribution in [-0.4, -0.2) is 25.1 Å². The molecule has 0 aliphatic heterocycles. The van der Waals surface area contributed by atoms with Gasteiger partial charge in [-0.15, -0.1) is 10.2 Å². The Morgan fingerprint density at radius 1 is 1.17 bits per heavy atom. The van der Waals surface area contributed by atoms with Gasteiger partial charge in [-0.05, 0) is 30.8 Å². The molecule has 0 aliphatic rings. The van der Waals surface area contributed by atoms with E-state index in [0.717, 1.165) is 5.69 Å². The fourth-order valence-electron chi connectivity index (χ4n) is 1.60. The highest BCUT2D eigenvalue weighted by molar-refractivity contribution is 8.00. The molecule has 0 spiro atoms. The number of nitrogens with one attached hydrogen (secondary N) is 1. The predicted molar refractivity (Wildman–Crippen MR) is 87.2 cm³/mol. The zero-order valence-electron chi connectivity index (χ0n) is 11.8.